The van der Waals surface area contributed by atoms with Gasteiger partial charge in [-0.2, -0.15) is 0 Å². The second-order valence-corrected chi connectivity index (χ2v) is 3.62. The highest BCUT2D eigenvalue weighted by Gasteiger charge is 2.15. The summed E-state index contributed by atoms with van der Waals surface area (Å²) >= 11 is 0. The lowest BCUT2D eigenvalue weighted by Gasteiger charge is -2.04. The average Bonchev–Trinajstić information content (AvgIpc) is 2.31. The number of esters is 1. The molecule has 0 radical (unpaired) electrons. The Bertz CT molecular complexity index is 674. The summed E-state index contributed by atoms with van der Waals surface area (Å²) in [5.41, 5.74) is 4.79. The lowest BCUT2D eigenvalue weighted by molar-refractivity contribution is 0.0522. The maximum Gasteiger partial charge on any atom is 0.351 e. The van der Waals surface area contributed by atoms with Gasteiger partial charge in [0.1, 0.15) is 16.9 Å². The van der Waals surface area contributed by atoms with E-state index in [9.17, 15) is 14.7 Å². The fourth-order valence-corrected chi connectivity index (χ4v) is 1.53. The Morgan fingerprint density at radius 3 is 2.83 bits per heavy atom. The number of carbonyl (C=O) groups excluding carboxylic acids is 1. The SMILES string of the molecule is CCOC(=O)c1cc2cc(N)c(O)cc2oc1=O. The number of rotatable bonds is 2. The van der Waals surface area contributed by atoms with Crippen LogP contribution in [0.5, 0.6) is 5.75 Å². The number of nitrogen functional groups attached to an aromatic ring is 1. The zero-order chi connectivity index (χ0) is 13.3. The summed E-state index contributed by atoms with van der Waals surface area (Å²) < 4.78 is 9.66. The van der Waals surface area contributed by atoms with Crippen molar-refractivity contribution in [3.05, 3.63) is 34.2 Å². The highest BCUT2D eigenvalue weighted by molar-refractivity contribution is 5.94. The van der Waals surface area contributed by atoms with Crippen molar-refractivity contribution in [2.45, 2.75) is 6.92 Å². The van der Waals surface area contributed by atoms with Crippen LogP contribution < -0.4 is 11.4 Å². The van der Waals surface area contributed by atoms with Crippen molar-refractivity contribution >= 4 is 22.6 Å². The fraction of sp³-hybridized carbons (Fsp3) is 0.167. The molecule has 0 saturated carbocycles. The molecule has 0 amide bonds. The fourth-order valence-electron chi connectivity index (χ4n) is 1.53. The molecule has 0 aliphatic carbocycles. The van der Waals surface area contributed by atoms with Crippen molar-refractivity contribution in [2.24, 2.45) is 0 Å². The van der Waals surface area contributed by atoms with Crippen LogP contribution in [0.15, 0.2) is 27.4 Å². The van der Waals surface area contributed by atoms with Gasteiger partial charge in [0.2, 0.25) is 0 Å². The molecule has 1 aromatic carbocycles. The first-order valence-corrected chi connectivity index (χ1v) is 5.26. The molecule has 0 fully saturated rings. The molecule has 0 atom stereocenters. The van der Waals surface area contributed by atoms with Crippen LogP contribution in [0.1, 0.15) is 17.3 Å². The third kappa shape index (κ3) is 2.00. The first kappa shape index (κ1) is 12.0. The zero-order valence-corrected chi connectivity index (χ0v) is 9.60. The van der Waals surface area contributed by atoms with Crippen LogP contribution in [0.3, 0.4) is 0 Å². The number of aromatic hydroxyl groups is 1. The van der Waals surface area contributed by atoms with Gasteiger partial charge in [-0.1, -0.05) is 0 Å². The summed E-state index contributed by atoms with van der Waals surface area (Å²) in [6, 6.07) is 3.96. The highest BCUT2D eigenvalue weighted by Crippen LogP contribution is 2.26. The van der Waals surface area contributed by atoms with Gasteiger partial charge in [0, 0.05) is 11.5 Å². The Morgan fingerprint density at radius 2 is 2.17 bits per heavy atom. The third-order valence-electron chi connectivity index (χ3n) is 2.38. The van der Waals surface area contributed by atoms with E-state index in [1.165, 1.54) is 18.2 Å². The molecular formula is C12H11NO5. The van der Waals surface area contributed by atoms with E-state index in [0.29, 0.717) is 5.39 Å². The van der Waals surface area contributed by atoms with Crippen LogP contribution in [-0.4, -0.2) is 17.7 Å². The maximum atomic E-state index is 11.6. The first-order valence-electron chi connectivity index (χ1n) is 5.26. The van der Waals surface area contributed by atoms with E-state index in [2.05, 4.69) is 0 Å². The molecule has 0 aliphatic heterocycles. The van der Waals surface area contributed by atoms with E-state index in [0.717, 1.165) is 0 Å². The number of fused-ring (bicyclic) bond motifs is 1. The lowest BCUT2D eigenvalue weighted by atomic mass is 10.1. The molecule has 1 aromatic heterocycles. The molecule has 6 heteroatoms. The molecule has 0 saturated heterocycles. The van der Waals surface area contributed by atoms with Crippen molar-refractivity contribution in [1.29, 1.82) is 0 Å². The number of hydrogen-bond acceptors (Lipinski definition) is 6. The summed E-state index contributed by atoms with van der Waals surface area (Å²) in [6.07, 6.45) is 0. The summed E-state index contributed by atoms with van der Waals surface area (Å²) in [5, 5.41) is 9.83. The Kier molecular flexibility index (Phi) is 2.93. The van der Waals surface area contributed by atoms with Crippen LogP contribution in [0.4, 0.5) is 5.69 Å². The van der Waals surface area contributed by atoms with Crippen LogP contribution >= 0.6 is 0 Å². The number of nitrogens with two attached hydrogens (primary N) is 1. The highest BCUT2D eigenvalue weighted by atomic mass is 16.5. The van der Waals surface area contributed by atoms with Gasteiger partial charge in [-0.05, 0) is 19.1 Å². The summed E-state index contributed by atoms with van der Waals surface area (Å²) in [7, 11) is 0. The molecule has 0 unspecified atom stereocenters. The van der Waals surface area contributed by atoms with E-state index < -0.39 is 11.6 Å². The molecule has 2 rings (SSSR count). The standard InChI is InChI=1S/C12H11NO5/c1-2-17-11(15)7-3-6-4-8(13)9(14)5-10(6)18-12(7)16/h3-5,14H,2,13H2,1H3. The van der Waals surface area contributed by atoms with E-state index in [1.807, 2.05) is 0 Å². The third-order valence-corrected chi connectivity index (χ3v) is 2.38. The Hall–Kier alpha value is -2.50. The average molecular weight is 249 g/mol. The number of ether oxygens (including phenoxy) is 1. The van der Waals surface area contributed by atoms with Crippen LogP contribution in [0, 0.1) is 0 Å². The zero-order valence-electron chi connectivity index (χ0n) is 9.60. The Labute approximate surface area is 102 Å². The second kappa shape index (κ2) is 4.40. The first-order chi connectivity index (χ1) is 8.52. The number of hydrogen-bond donors (Lipinski definition) is 2. The maximum absolute atomic E-state index is 11.6. The molecule has 94 valence electrons. The second-order valence-electron chi connectivity index (χ2n) is 3.62. The molecule has 1 heterocycles. The van der Waals surface area contributed by atoms with Gasteiger partial charge < -0.3 is 20.0 Å². The Balaban J connectivity index is 2.65. The topological polar surface area (TPSA) is 103 Å². The molecule has 3 N–H and O–H groups in total. The predicted molar refractivity (Wildman–Crippen MR) is 64.5 cm³/mol. The number of anilines is 1. The van der Waals surface area contributed by atoms with E-state index in [4.69, 9.17) is 14.9 Å². The molecule has 0 spiro atoms. The van der Waals surface area contributed by atoms with Crippen molar-refractivity contribution < 1.29 is 19.1 Å². The summed E-state index contributed by atoms with van der Waals surface area (Å²) in [6.45, 7) is 1.80. The quantitative estimate of drug-likeness (QED) is 0.359. The number of carbonyl (C=O) groups is 1. The molecule has 6 nitrogen and oxygen atoms in total. The monoisotopic (exact) mass is 249 g/mol. The summed E-state index contributed by atoms with van der Waals surface area (Å²) in [4.78, 5) is 23.1. The minimum atomic E-state index is -0.815. The molecule has 0 aliphatic rings. The summed E-state index contributed by atoms with van der Waals surface area (Å²) in [5.74, 6) is -0.936. The van der Waals surface area contributed by atoms with Gasteiger partial charge in [0.15, 0.2) is 0 Å². The number of phenolic OH excluding ortho intramolecular Hbond substituents is 1. The van der Waals surface area contributed by atoms with Gasteiger partial charge in [-0.3, -0.25) is 0 Å². The largest absolute Gasteiger partial charge is 0.506 e. The van der Waals surface area contributed by atoms with Gasteiger partial charge in [0.25, 0.3) is 0 Å². The predicted octanol–water partition coefficient (Wildman–Crippen LogP) is 1.26. The molecule has 18 heavy (non-hydrogen) atoms. The molecule has 2 aromatic rings. The minimum absolute atomic E-state index is 0.131. The van der Waals surface area contributed by atoms with Crippen molar-refractivity contribution in [3.63, 3.8) is 0 Å². The van der Waals surface area contributed by atoms with Gasteiger partial charge in [0.05, 0.1) is 12.3 Å². The lowest BCUT2D eigenvalue weighted by Crippen LogP contribution is -2.16. The normalized spacial score (nSPS) is 10.5. The Morgan fingerprint density at radius 1 is 1.44 bits per heavy atom. The van der Waals surface area contributed by atoms with Crippen molar-refractivity contribution in [2.75, 3.05) is 12.3 Å². The molecule has 0 bridgehead atoms. The number of phenols is 1. The van der Waals surface area contributed by atoms with Gasteiger partial charge >= 0.3 is 11.6 Å². The minimum Gasteiger partial charge on any atom is -0.506 e. The van der Waals surface area contributed by atoms with Crippen molar-refractivity contribution in [1.82, 2.24) is 0 Å². The van der Waals surface area contributed by atoms with Crippen LogP contribution in [-0.2, 0) is 4.74 Å². The van der Waals surface area contributed by atoms with E-state index >= 15 is 0 Å². The smallest absolute Gasteiger partial charge is 0.351 e. The van der Waals surface area contributed by atoms with Crippen LogP contribution in [0.25, 0.3) is 11.0 Å². The van der Waals surface area contributed by atoms with Crippen molar-refractivity contribution in [3.8, 4) is 5.75 Å². The molecular weight excluding hydrogens is 238 g/mol. The van der Waals surface area contributed by atoms with E-state index in [1.54, 1.807) is 6.92 Å². The van der Waals surface area contributed by atoms with Crippen LogP contribution in [0.2, 0.25) is 0 Å². The van der Waals surface area contributed by atoms with E-state index in [-0.39, 0.29) is 29.2 Å². The van der Waals surface area contributed by atoms with Gasteiger partial charge in [-0.25, -0.2) is 9.59 Å². The van der Waals surface area contributed by atoms with Gasteiger partial charge in [-0.15, -0.1) is 0 Å². The number of benzene rings is 1.